The number of Topliss-reactive ketones (excluding diaryl/α,β-unsaturated/α-hetero) is 1. The highest BCUT2D eigenvalue weighted by Crippen LogP contribution is 2.39. The van der Waals surface area contributed by atoms with Gasteiger partial charge in [-0.2, -0.15) is 0 Å². The molecule has 8 heteroatoms. The first-order valence-electron chi connectivity index (χ1n) is 9.41. The second-order valence-electron chi connectivity index (χ2n) is 7.45. The molecule has 1 fully saturated rings. The maximum absolute atomic E-state index is 12.0. The highest BCUT2D eigenvalue weighted by Gasteiger charge is 2.36. The Morgan fingerprint density at radius 1 is 1.30 bits per heavy atom. The van der Waals surface area contributed by atoms with E-state index in [1.807, 2.05) is 16.8 Å². The van der Waals surface area contributed by atoms with Crippen LogP contribution in [0, 0.1) is 5.92 Å². The lowest BCUT2D eigenvalue weighted by Crippen LogP contribution is -2.12. The second-order valence-corrected chi connectivity index (χ2v) is 9.83. The Balaban J connectivity index is 1.67. The molecule has 144 valence electrons. The van der Waals surface area contributed by atoms with Crippen LogP contribution in [0.5, 0.6) is 0 Å². The fourth-order valence-electron chi connectivity index (χ4n) is 3.92. The van der Waals surface area contributed by atoms with Gasteiger partial charge in [0.1, 0.15) is 24.1 Å². The predicted octanol–water partition coefficient (Wildman–Crippen LogP) is 2.40. The van der Waals surface area contributed by atoms with E-state index in [-0.39, 0.29) is 5.92 Å². The topological polar surface area (TPSA) is 74.3 Å². The van der Waals surface area contributed by atoms with E-state index >= 15 is 0 Å². The van der Waals surface area contributed by atoms with Gasteiger partial charge in [-0.15, -0.1) is 10.2 Å². The van der Waals surface area contributed by atoms with Crippen molar-refractivity contribution in [3.8, 4) is 0 Å². The number of hydrogen-bond acceptors (Lipinski definition) is 5. The molecule has 2 unspecified atom stereocenters. The van der Waals surface area contributed by atoms with Crippen molar-refractivity contribution in [2.75, 3.05) is 24.9 Å². The van der Waals surface area contributed by atoms with Gasteiger partial charge in [-0.25, -0.2) is 4.98 Å². The molecule has 1 aliphatic carbocycles. The van der Waals surface area contributed by atoms with Crippen molar-refractivity contribution in [2.45, 2.75) is 38.8 Å². The van der Waals surface area contributed by atoms with Crippen LogP contribution >= 0.6 is 0 Å². The van der Waals surface area contributed by atoms with Gasteiger partial charge in [0.05, 0.1) is 30.8 Å². The molecule has 3 aromatic rings. The average Bonchev–Trinajstić information content (AvgIpc) is 3.33. The zero-order chi connectivity index (χ0) is 19.0. The molecule has 0 amide bonds. The summed E-state index contributed by atoms with van der Waals surface area (Å²) < 4.78 is 9.90. The van der Waals surface area contributed by atoms with E-state index in [0.29, 0.717) is 42.2 Å². The van der Waals surface area contributed by atoms with Gasteiger partial charge in [0.25, 0.3) is 0 Å². The molecule has 0 bridgehead atoms. The second kappa shape index (κ2) is 7.59. The van der Waals surface area contributed by atoms with Crippen LogP contribution in [0.1, 0.15) is 37.9 Å². The SMILES string of the molecule is CCC1CC(=O)CC1c1nnc2cnc3c(ccn3COCC[S+](C)C)n12. The minimum absolute atomic E-state index is 0.134. The summed E-state index contributed by atoms with van der Waals surface area (Å²) in [5, 5.41) is 8.76. The third kappa shape index (κ3) is 3.48. The first kappa shape index (κ1) is 18.4. The maximum atomic E-state index is 12.0. The van der Waals surface area contributed by atoms with Crippen LogP contribution in [0.2, 0.25) is 0 Å². The van der Waals surface area contributed by atoms with Gasteiger partial charge < -0.3 is 9.30 Å². The summed E-state index contributed by atoms with van der Waals surface area (Å²) >= 11 is 0. The summed E-state index contributed by atoms with van der Waals surface area (Å²) in [7, 11) is 0.386. The summed E-state index contributed by atoms with van der Waals surface area (Å²) in [5.74, 6) is 2.76. The van der Waals surface area contributed by atoms with Crippen LogP contribution in [-0.4, -0.2) is 54.8 Å². The molecule has 4 rings (SSSR count). The van der Waals surface area contributed by atoms with Crippen molar-refractivity contribution in [1.29, 1.82) is 0 Å². The Hall–Kier alpha value is -1.93. The standard InChI is InChI=1S/C19H26N5O2S/c1-4-13-9-14(25)10-15(13)18-22-21-17-11-20-19-16(24(17)18)5-6-23(19)12-26-7-8-27(2)3/h5-6,11,13,15H,4,7-10,12H2,1-3H3/q+1. The summed E-state index contributed by atoms with van der Waals surface area (Å²) in [6.07, 6.45) is 10.4. The molecule has 0 radical (unpaired) electrons. The Bertz CT molecular complexity index is 964. The lowest BCUT2D eigenvalue weighted by atomic mass is 9.93. The van der Waals surface area contributed by atoms with Crippen molar-refractivity contribution < 1.29 is 9.53 Å². The average molecular weight is 389 g/mol. The number of carbonyl (C=O) groups is 1. The van der Waals surface area contributed by atoms with Crippen molar-refractivity contribution in [2.24, 2.45) is 5.92 Å². The van der Waals surface area contributed by atoms with Gasteiger partial charge in [-0.05, 0) is 22.9 Å². The zero-order valence-electron chi connectivity index (χ0n) is 16.1. The molecule has 0 aromatic carbocycles. The van der Waals surface area contributed by atoms with E-state index in [0.717, 1.165) is 41.4 Å². The summed E-state index contributed by atoms with van der Waals surface area (Å²) in [5.41, 5.74) is 2.55. The number of fused-ring (bicyclic) bond motifs is 3. The smallest absolute Gasteiger partial charge is 0.179 e. The van der Waals surface area contributed by atoms with E-state index in [9.17, 15) is 4.79 Å². The number of rotatable bonds is 7. The zero-order valence-corrected chi connectivity index (χ0v) is 16.9. The van der Waals surface area contributed by atoms with Gasteiger partial charge in [-0.1, -0.05) is 13.3 Å². The van der Waals surface area contributed by atoms with Crippen molar-refractivity contribution in [3.63, 3.8) is 0 Å². The molecule has 1 saturated carbocycles. The molecule has 0 aliphatic heterocycles. The molecule has 27 heavy (non-hydrogen) atoms. The summed E-state index contributed by atoms with van der Waals surface area (Å²) in [6.45, 7) is 3.37. The van der Waals surface area contributed by atoms with Crippen molar-refractivity contribution in [3.05, 3.63) is 24.3 Å². The molecule has 1 aliphatic rings. The highest BCUT2D eigenvalue weighted by molar-refractivity contribution is 7.95. The van der Waals surface area contributed by atoms with Crippen molar-refractivity contribution in [1.82, 2.24) is 24.1 Å². The summed E-state index contributed by atoms with van der Waals surface area (Å²) in [4.78, 5) is 16.6. The molecule has 2 atom stereocenters. The molecule has 3 heterocycles. The van der Waals surface area contributed by atoms with Crippen LogP contribution in [0.15, 0.2) is 18.5 Å². The van der Waals surface area contributed by atoms with Gasteiger partial charge in [0, 0.05) is 25.0 Å². The number of nitrogens with zero attached hydrogens (tertiary/aromatic N) is 5. The lowest BCUT2D eigenvalue weighted by molar-refractivity contribution is -0.117. The van der Waals surface area contributed by atoms with E-state index in [4.69, 9.17) is 4.74 Å². The third-order valence-corrected chi connectivity index (χ3v) is 6.38. The largest absolute Gasteiger partial charge is 0.356 e. The fourth-order valence-corrected chi connectivity index (χ4v) is 4.37. The Morgan fingerprint density at radius 2 is 2.15 bits per heavy atom. The number of ether oxygens (including phenoxy) is 1. The van der Waals surface area contributed by atoms with Gasteiger partial charge in [0.15, 0.2) is 11.3 Å². The van der Waals surface area contributed by atoms with Crippen LogP contribution < -0.4 is 0 Å². The lowest BCUT2D eigenvalue weighted by Gasteiger charge is -2.15. The number of aromatic nitrogens is 5. The van der Waals surface area contributed by atoms with Gasteiger partial charge in [0.2, 0.25) is 0 Å². The highest BCUT2D eigenvalue weighted by atomic mass is 32.2. The van der Waals surface area contributed by atoms with Crippen LogP contribution in [0.25, 0.3) is 16.8 Å². The Labute approximate surface area is 161 Å². The van der Waals surface area contributed by atoms with Crippen molar-refractivity contribution >= 4 is 33.5 Å². The first-order chi connectivity index (χ1) is 13.1. The third-order valence-electron chi connectivity index (χ3n) is 5.40. The molecule has 3 aromatic heterocycles. The van der Waals surface area contributed by atoms with E-state index in [1.165, 1.54) is 0 Å². The quantitative estimate of drug-likeness (QED) is 0.459. The normalized spacial score (nSPS) is 20.5. The van der Waals surface area contributed by atoms with E-state index < -0.39 is 0 Å². The maximum Gasteiger partial charge on any atom is 0.179 e. The Kier molecular flexibility index (Phi) is 5.19. The summed E-state index contributed by atoms with van der Waals surface area (Å²) in [6, 6.07) is 2.04. The molecular weight excluding hydrogens is 362 g/mol. The fraction of sp³-hybridized carbons (Fsp3) is 0.579. The predicted molar refractivity (Wildman–Crippen MR) is 107 cm³/mol. The number of hydrogen-bond donors (Lipinski definition) is 0. The monoisotopic (exact) mass is 388 g/mol. The molecule has 7 nitrogen and oxygen atoms in total. The van der Waals surface area contributed by atoms with E-state index in [1.54, 1.807) is 6.20 Å². The van der Waals surface area contributed by atoms with Crippen LogP contribution in [0.3, 0.4) is 0 Å². The van der Waals surface area contributed by atoms with Gasteiger partial charge >= 0.3 is 0 Å². The molecular formula is C19H26N5O2S+. The van der Waals surface area contributed by atoms with Crippen LogP contribution in [-0.2, 0) is 27.2 Å². The molecule has 0 saturated heterocycles. The van der Waals surface area contributed by atoms with Crippen LogP contribution in [0.4, 0.5) is 0 Å². The molecule has 0 N–H and O–H groups in total. The number of carbonyl (C=O) groups excluding carboxylic acids is 1. The minimum Gasteiger partial charge on any atom is -0.356 e. The van der Waals surface area contributed by atoms with E-state index in [2.05, 4.69) is 39.0 Å². The Morgan fingerprint density at radius 3 is 2.93 bits per heavy atom. The van der Waals surface area contributed by atoms with Gasteiger partial charge in [-0.3, -0.25) is 9.20 Å². The number of ketones is 1. The minimum atomic E-state index is 0.134. The first-order valence-corrected chi connectivity index (χ1v) is 11.6. The molecule has 0 spiro atoms.